The van der Waals surface area contributed by atoms with Crippen LogP contribution in [-0.4, -0.2) is 58.0 Å². The molecule has 1 amide bonds. The molecule has 4 rings (SSSR count). The number of piperazine rings is 1. The third-order valence-electron chi connectivity index (χ3n) is 6.04. The van der Waals surface area contributed by atoms with Gasteiger partial charge in [0.1, 0.15) is 5.82 Å². The van der Waals surface area contributed by atoms with E-state index in [1.807, 2.05) is 7.05 Å². The van der Waals surface area contributed by atoms with Gasteiger partial charge in [-0.15, -0.1) is 0 Å². The van der Waals surface area contributed by atoms with E-state index < -0.39 is 17.1 Å². The smallest absolute Gasteiger partial charge is 0.329 e. The number of amides is 1. The summed E-state index contributed by atoms with van der Waals surface area (Å²) in [7, 11) is 2.03. The Hall–Kier alpha value is -3.26. The summed E-state index contributed by atoms with van der Waals surface area (Å²) in [4.78, 5) is 43.8. The number of nitrogens with zero attached hydrogens (tertiary/aromatic N) is 3. The zero-order valence-electron chi connectivity index (χ0n) is 17.6. The van der Waals surface area contributed by atoms with Gasteiger partial charge in [-0.1, -0.05) is 25.1 Å². The molecular weight excluding hydrogens is 399 g/mol. The standard InChI is InChI=1S/C23H25FN4O3/c1-3-16-14-27(11-10-26(16)2)22(30)18-12-15(8-9-19(18)24)13-28-20-7-5-4-6-17(20)21(29)25-23(28)31/h4-9,12,16H,3,10-11,13-14H2,1-2H3,(H,25,29,31)/t16-/m0/s1. The summed E-state index contributed by atoms with van der Waals surface area (Å²) in [5.41, 5.74) is 0.0836. The maximum atomic E-state index is 14.6. The molecule has 2 heterocycles. The number of carbonyl (C=O) groups excluding carboxylic acids is 1. The molecule has 2 aromatic carbocycles. The first-order chi connectivity index (χ1) is 14.9. The van der Waals surface area contributed by atoms with Crippen LogP contribution in [0.4, 0.5) is 4.39 Å². The molecule has 3 aromatic rings. The molecule has 1 aliphatic rings. The van der Waals surface area contributed by atoms with Crippen molar-refractivity contribution in [1.82, 2.24) is 19.4 Å². The largest absolute Gasteiger partial charge is 0.336 e. The second-order valence-corrected chi connectivity index (χ2v) is 7.97. The minimum absolute atomic E-state index is 0.00122. The SMILES string of the molecule is CC[C@H]1CN(C(=O)c2cc(Cn3c(=O)[nH]c(=O)c4ccccc43)ccc2F)CCN1C. The molecule has 1 atom stereocenters. The third-order valence-corrected chi connectivity index (χ3v) is 6.04. The molecule has 0 spiro atoms. The fourth-order valence-corrected chi connectivity index (χ4v) is 4.16. The van der Waals surface area contributed by atoms with Crippen molar-refractivity contribution >= 4 is 16.8 Å². The predicted molar refractivity (Wildman–Crippen MR) is 117 cm³/mol. The molecule has 31 heavy (non-hydrogen) atoms. The molecule has 0 aliphatic carbocycles. The summed E-state index contributed by atoms with van der Waals surface area (Å²) < 4.78 is 16.0. The number of nitrogens with one attached hydrogen (secondary N) is 1. The lowest BCUT2D eigenvalue weighted by Crippen LogP contribution is -2.53. The summed E-state index contributed by atoms with van der Waals surface area (Å²) in [5.74, 6) is -0.927. The van der Waals surface area contributed by atoms with Crippen LogP contribution in [0.2, 0.25) is 0 Å². The van der Waals surface area contributed by atoms with E-state index in [0.29, 0.717) is 29.6 Å². The summed E-state index contributed by atoms with van der Waals surface area (Å²) >= 11 is 0. The lowest BCUT2D eigenvalue weighted by molar-refractivity contribution is 0.0537. The molecule has 0 saturated carbocycles. The van der Waals surface area contributed by atoms with Gasteiger partial charge < -0.3 is 4.90 Å². The van der Waals surface area contributed by atoms with Crippen LogP contribution in [0.3, 0.4) is 0 Å². The Labute approximate surface area is 178 Å². The maximum Gasteiger partial charge on any atom is 0.329 e. The number of para-hydroxylation sites is 1. The summed E-state index contributed by atoms with van der Waals surface area (Å²) in [6, 6.07) is 11.4. The predicted octanol–water partition coefficient (Wildman–Crippen LogP) is 2.04. The molecule has 1 aliphatic heterocycles. The molecule has 1 N–H and O–H groups in total. The quantitative estimate of drug-likeness (QED) is 0.695. The van der Waals surface area contributed by atoms with Crippen molar-refractivity contribution in [3.63, 3.8) is 0 Å². The van der Waals surface area contributed by atoms with Crippen molar-refractivity contribution in [2.75, 3.05) is 26.7 Å². The number of benzene rings is 2. The number of aromatic amines is 1. The highest BCUT2D eigenvalue weighted by atomic mass is 19.1. The van der Waals surface area contributed by atoms with Gasteiger partial charge >= 0.3 is 5.69 Å². The molecule has 0 unspecified atom stereocenters. The maximum absolute atomic E-state index is 14.6. The van der Waals surface area contributed by atoms with Crippen LogP contribution in [0.25, 0.3) is 10.9 Å². The van der Waals surface area contributed by atoms with Crippen LogP contribution in [-0.2, 0) is 6.54 Å². The van der Waals surface area contributed by atoms with Gasteiger partial charge in [0.15, 0.2) is 0 Å². The zero-order chi connectivity index (χ0) is 22.1. The van der Waals surface area contributed by atoms with Crippen LogP contribution in [0.1, 0.15) is 29.3 Å². The first-order valence-electron chi connectivity index (χ1n) is 10.4. The Kier molecular flexibility index (Phi) is 5.73. The molecule has 1 fully saturated rings. The molecule has 0 radical (unpaired) electrons. The van der Waals surface area contributed by atoms with Crippen LogP contribution < -0.4 is 11.2 Å². The molecule has 162 valence electrons. The van der Waals surface area contributed by atoms with Crippen LogP contribution in [0.15, 0.2) is 52.1 Å². The van der Waals surface area contributed by atoms with E-state index in [9.17, 15) is 18.8 Å². The van der Waals surface area contributed by atoms with Gasteiger partial charge in [-0.3, -0.25) is 24.0 Å². The fourth-order valence-electron chi connectivity index (χ4n) is 4.16. The number of rotatable bonds is 4. The number of aromatic nitrogens is 2. The van der Waals surface area contributed by atoms with E-state index in [1.54, 1.807) is 35.2 Å². The van der Waals surface area contributed by atoms with E-state index in [-0.39, 0.29) is 24.1 Å². The van der Waals surface area contributed by atoms with Crippen molar-refractivity contribution in [3.8, 4) is 0 Å². The number of carbonyl (C=O) groups is 1. The minimum atomic E-state index is -0.584. The van der Waals surface area contributed by atoms with Crippen LogP contribution in [0.5, 0.6) is 0 Å². The van der Waals surface area contributed by atoms with Crippen LogP contribution in [0, 0.1) is 5.82 Å². The molecule has 0 bridgehead atoms. The fraction of sp³-hybridized carbons (Fsp3) is 0.348. The highest BCUT2D eigenvalue weighted by Crippen LogP contribution is 2.18. The Bertz CT molecular complexity index is 1250. The first-order valence-corrected chi connectivity index (χ1v) is 10.4. The van der Waals surface area contributed by atoms with Crippen molar-refractivity contribution in [1.29, 1.82) is 0 Å². The third kappa shape index (κ3) is 4.03. The van der Waals surface area contributed by atoms with E-state index in [1.165, 1.54) is 16.7 Å². The second-order valence-electron chi connectivity index (χ2n) is 7.97. The van der Waals surface area contributed by atoms with Crippen molar-refractivity contribution < 1.29 is 9.18 Å². The Morgan fingerprint density at radius 1 is 1.16 bits per heavy atom. The minimum Gasteiger partial charge on any atom is -0.336 e. The lowest BCUT2D eigenvalue weighted by Gasteiger charge is -2.39. The van der Waals surface area contributed by atoms with Crippen molar-refractivity contribution in [3.05, 3.63) is 80.2 Å². The van der Waals surface area contributed by atoms with E-state index in [2.05, 4.69) is 16.8 Å². The Morgan fingerprint density at radius 3 is 2.71 bits per heavy atom. The Balaban J connectivity index is 1.67. The monoisotopic (exact) mass is 424 g/mol. The molecule has 8 heteroatoms. The highest BCUT2D eigenvalue weighted by Gasteiger charge is 2.28. The lowest BCUT2D eigenvalue weighted by atomic mass is 10.1. The average molecular weight is 424 g/mol. The van der Waals surface area contributed by atoms with Gasteiger partial charge in [0.2, 0.25) is 0 Å². The number of H-pyrrole nitrogens is 1. The van der Waals surface area contributed by atoms with Gasteiger partial charge in [0, 0.05) is 25.7 Å². The topological polar surface area (TPSA) is 78.4 Å². The second kappa shape index (κ2) is 8.47. The van der Waals surface area contributed by atoms with Gasteiger partial charge in [0.25, 0.3) is 11.5 Å². The molecule has 7 nitrogen and oxygen atoms in total. The number of likely N-dealkylation sites (N-methyl/N-ethyl adjacent to an activating group) is 1. The van der Waals surface area contributed by atoms with Crippen LogP contribution >= 0.6 is 0 Å². The van der Waals surface area contributed by atoms with E-state index in [4.69, 9.17) is 0 Å². The summed E-state index contributed by atoms with van der Waals surface area (Å²) in [6.45, 7) is 4.02. The number of halogens is 1. The van der Waals surface area contributed by atoms with E-state index in [0.717, 1.165) is 13.0 Å². The van der Waals surface area contributed by atoms with Crippen molar-refractivity contribution in [2.45, 2.75) is 25.9 Å². The van der Waals surface area contributed by atoms with Gasteiger partial charge in [-0.25, -0.2) is 9.18 Å². The molecule has 1 aromatic heterocycles. The van der Waals surface area contributed by atoms with E-state index >= 15 is 0 Å². The number of hydrogen-bond acceptors (Lipinski definition) is 4. The van der Waals surface area contributed by atoms with Gasteiger partial charge in [0.05, 0.1) is 23.0 Å². The Morgan fingerprint density at radius 2 is 1.94 bits per heavy atom. The van der Waals surface area contributed by atoms with Crippen molar-refractivity contribution in [2.24, 2.45) is 0 Å². The zero-order valence-corrected chi connectivity index (χ0v) is 17.6. The highest BCUT2D eigenvalue weighted by molar-refractivity contribution is 5.94. The molecule has 1 saturated heterocycles. The molecular formula is C23H25FN4O3. The number of hydrogen-bond donors (Lipinski definition) is 1. The average Bonchev–Trinajstić information content (AvgIpc) is 2.77. The first kappa shape index (κ1) is 21.0. The summed E-state index contributed by atoms with van der Waals surface area (Å²) in [5, 5.41) is 0.392. The summed E-state index contributed by atoms with van der Waals surface area (Å²) in [6.07, 6.45) is 0.908. The number of fused-ring (bicyclic) bond motifs is 1. The normalized spacial score (nSPS) is 17.3. The van der Waals surface area contributed by atoms with Gasteiger partial charge in [-0.2, -0.15) is 0 Å². The van der Waals surface area contributed by atoms with Gasteiger partial charge in [-0.05, 0) is 43.3 Å².